The Morgan fingerprint density at radius 3 is 2.69 bits per heavy atom. The lowest BCUT2D eigenvalue weighted by Crippen LogP contribution is -2.22. The fourth-order valence-electron chi connectivity index (χ4n) is 2.17. The van der Waals surface area contributed by atoms with Crippen LogP contribution in [-0.2, 0) is 9.53 Å². The van der Waals surface area contributed by atoms with Crippen LogP contribution in [0.1, 0.15) is 11.5 Å². The summed E-state index contributed by atoms with van der Waals surface area (Å²) >= 11 is 0. The fraction of sp³-hybridized carbons (Fsp3) is 0.417. The van der Waals surface area contributed by atoms with Gasteiger partial charge in [-0.3, -0.25) is 4.79 Å². The first-order valence-electron chi connectivity index (χ1n) is 5.36. The van der Waals surface area contributed by atoms with Crippen molar-refractivity contribution in [2.75, 3.05) is 25.9 Å². The highest BCUT2D eigenvalue weighted by atomic mass is 16.5. The number of esters is 1. The highest BCUT2D eigenvalue weighted by molar-refractivity contribution is 5.74. The zero-order chi connectivity index (χ0) is 11.5. The van der Waals surface area contributed by atoms with Gasteiger partial charge in [0, 0.05) is 24.7 Å². The molecule has 1 saturated heterocycles. The van der Waals surface area contributed by atoms with Gasteiger partial charge in [0.15, 0.2) is 0 Å². The van der Waals surface area contributed by atoms with E-state index in [4.69, 9.17) is 10.5 Å². The van der Waals surface area contributed by atoms with Gasteiger partial charge in [-0.2, -0.15) is 0 Å². The molecule has 0 aromatic heterocycles. The fourth-order valence-corrected chi connectivity index (χ4v) is 2.17. The number of hydrogen-bond acceptors (Lipinski definition) is 4. The molecule has 1 aromatic rings. The summed E-state index contributed by atoms with van der Waals surface area (Å²) in [5, 5.41) is 3.22. The molecule has 1 fully saturated rings. The summed E-state index contributed by atoms with van der Waals surface area (Å²) in [6, 6.07) is 7.68. The summed E-state index contributed by atoms with van der Waals surface area (Å²) in [6.45, 7) is 1.49. The second kappa shape index (κ2) is 4.53. The summed E-state index contributed by atoms with van der Waals surface area (Å²) in [7, 11) is 1.43. The lowest BCUT2D eigenvalue weighted by Gasteiger charge is -2.16. The van der Waals surface area contributed by atoms with Gasteiger partial charge in [0.25, 0.3) is 0 Å². The number of benzene rings is 1. The molecule has 16 heavy (non-hydrogen) atoms. The third-order valence-corrected chi connectivity index (χ3v) is 3.08. The number of ether oxygens (including phenoxy) is 1. The molecule has 0 spiro atoms. The summed E-state index contributed by atoms with van der Waals surface area (Å²) < 4.78 is 4.81. The molecule has 2 unspecified atom stereocenters. The first-order valence-corrected chi connectivity index (χ1v) is 5.36. The third-order valence-electron chi connectivity index (χ3n) is 3.08. The minimum atomic E-state index is -0.146. The van der Waals surface area contributed by atoms with E-state index in [0.29, 0.717) is 6.54 Å². The Morgan fingerprint density at radius 1 is 1.38 bits per heavy atom. The number of rotatable bonds is 2. The predicted molar refractivity (Wildman–Crippen MR) is 62.0 cm³/mol. The Labute approximate surface area is 94.8 Å². The minimum Gasteiger partial charge on any atom is -0.469 e. The number of nitrogens with one attached hydrogen (secondary N) is 1. The molecule has 3 N–H and O–H groups in total. The van der Waals surface area contributed by atoms with Crippen LogP contribution in [0.2, 0.25) is 0 Å². The normalized spacial score (nSPS) is 24.3. The van der Waals surface area contributed by atoms with Gasteiger partial charge in [0.2, 0.25) is 0 Å². The molecule has 1 aliphatic rings. The van der Waals surface area contributed by atoms with Crippen LogP contribution >= 0.6 is 0 Å². The van der Waals surface area contributed by atoms with E-state index in [-0.39, 0.29) is 17.8 Å². The van der Waals surface area contributed by atoms with Crippen LogP contribution in [0.5, 0.6) is 0 Å². The molecule has 1 heterocycles. The highest BCUT2D eigenvalue weighted by Gasteiger charge is 2.34. The quantitative estimate of drug-likeness (QED) is 0.570. The van der Waals surface area contributed by atoms with E-state index < -0.39 is 0 Å². The number of nitrogens with two attached hydrogens (primary N) is 1. The van der Waals surface area contributed by atoms with Gasteiger partial charge in [0.05, 0.1) is 13.0 Å². The van der Waals surface area contributed by atoms with E-state index in [2.05, 4.69) is 5.32 Å². The number of anilines is 1. The van der Waals surface area contributed by atoms with Gasteiger partial charge >= 0.3 is 5.97 Å². The van der Waals surface area contributed by atoms with Crippen molar-refractivity contribution in [3.05, 3.63) is 29.8 Å². The van der Waals surface area contributed by atoms with Crippen molar-refractivity contribution in [1.82, 2.24) is 5.32 Å². The summed E-state index contributed by atoms with van der Waals surface area (Å²) in [6.07, 6.45) is 0. The monoisotopic (exact) mass is 220 g/mol. The topological polar surface area (TPSA) is 64.3 Å². The highest BCUT2D eigenvalue weighted by Crippen LogP contribution is 2.29. The third kappa shape index (κ3) is 2.02. The number of nitrogen functional groups attached to an aromatic ring is 1. The SMILES string of the molecule is COC(=O)C1CNCC1c1ccc(N)cc1. The maximum atomic E-state index is 11.6. The zero-order valence-corrected chi connectivity index (χ0v) is 9.27. The first kappa shape index (κ1) is 11.0. The van der Waals surface area contributed by atoms with E-state index in [0.717, 1.165) is 17.8 Å². The lowest BCUT2D eigenvalue weighted by molar-refractivity contribution is -0.145. The van der Waals surface area contributed by atoms with Crippen molar-refractivity contribution in [1.29, 1.82) is 0 Å². The van der Waals surface area contributed by atoms with E-state index in [1.807, 2.05) is 24.3 Å². The van der Waals surface area contributed by atoms with Crippen molar-refractivity contribution in [2.24, 2.45) is 5.92 Å². The maximum Gasteiger partial charge on any atom is 0.310 e. The molecule has 0 bridgehead atoms. The van der Waals surface area contributed by atoms with E-state index in [1.54, 1.807) is 0 Å². The number of hydrogen-bond donors (Lipinski definition) is 2. The molecular formula is C12H16N2O2. The molecule has 2 atom stereocenters. The molecule has 4 nitrogen and oxygen atoms in total. The van der Waals surface area contributed by atoms with Gasteiger partial charge in [-0.15, -0.1) is 0 Å². The summed E-state index contributed by atoms with van der Waals surface area (Å²) in [4.78, 5) is 11.6. The van der Waals surface area contributed by atoms with Crippen molar-refractivity contribution in [3.63, 3.8) is 0 Å². The van der Waals surface area contributed by atoms with Crippen LogP contribution in [0.4, 0.5) is 5.69 Å². The Morgan fingerprint density at radius 2 is 2.06 bits per heavy atom. The lowest BCUT2D eigenvalue weighted by atomic mass is 9.89. The second-order valence-electron chi connectivity index (χ2n) is 4.06. The average molecular weight is 220 g/mol. The van der Waals surface area contributed by atoms with Crippen LogP contribution in [0.15, 0.2) is 24.3 Å². The first-order chi connectivity index (χ1) is 7.72. The smallest absolute Gasteiger partial charge is 0.310 e. The minimum absolute atomic E-state index is 0.0892. The van der Waals surface area contributed by atoms with Crippen molar-refractivity contribution >= 4 is 11.7 Å². The van der Waals surface area contributed by atoms with Crippen LogP contribution in [0, 0.1) is 5.92 Å². The summed E-state index contributed by atoms with van der Waals surface area (Å²) in [5.74, 6) is -0.0477. The zero-order valence-electron chi connectivity index (χ0n) is 9.27. The van der Waals surface area contributed by atoms with E-state index in [1.165, 1.54) is 7.11 Å². The van der Waals surface area contributed by atoms with Crippen LogP contribution in [-0.4, -0.2) is 26.2 Å². The van der Waals surface area contributed by atoms with Crippen LogP contribution < -0.4 is 11.1 Å². The molecule has 4 heteroatoms. The Bertz CT molecular complexity index is 375. The molecule has 2 rings (SSSR count). The molecule has 0 aliphatic carbocycles. The van der Waals surface area contributed by atoms with Gasteiger partial charge in [0.1, 0.15) is 0 Å². The standard InChI is InChI=1S/C12H16N2O2/c1-16-12(15)11-7-14-6-10(11)8-2-4-9(13)5-3-8/h2-5,10-11,14H,6-7,13H2,1H3. The Hall–Kier alpha value is -1.55. The van der Waals surface area contributed by atoms with Crippen molar-refractivity contribution in [2.45, 2.75) is 5.92 Å². The maximum absolute atomic E-state index is 11.6. The van der Waals surface area contributed by atoms with Crippen molar-refractivity contribution in [3.8, 4) is 0 Å². The Balaban J connectivity index is 2.19. The average Bonchev–Trinajstić information content (AvgIpc) is 2.78. The number of methoxy groups -OCH3 is 1. The van der Waals surface area contributed by atoms with Gasteiger partial charge in [-0.05, 0) is 17.7 Å². The molecule has 0 amide bonds. The van der Waals surface area contributed by atoms with Gasteiger partial charge < -0.3 is 15.8 Å². The molecule has 86 valence electrons. The van der Waals surface area contributed by atoms with Crippen LogP contribution in [0.25, 0.3) is 0 Å². The van der Waals surface area contributed by atoms with Gasteiger partial charge in [-0.1, -0.05) is 12.1 Å². The van der Waals surface area contributed by atoms with E-state index >= 15 is 0 Å². The second-order valence-corrected chi connectivity index (χ2v) is 4.06. The number of carbonyl (C=O) groups is 1. The predicted octanol–water partition coefficient (Wildman–Crippen LogP) is 0.745. The van der Waals surface area contributed by atoms with E-state index in [9.17, 15) is 4.79 Å². The molecule has 1 aromatic carbocycles. The summed E-state index contributed by atoms with van der Waals surface area (Å²) in [5.41, 5.74) is 7.51. The molecule has 0 radical (unpaired) electrons. The Kier molecular flexibility index (Phi) is 3.10. The number of carbonyl (C=O) groups excluding carboxylic acids is 1. The van der Waals surface area contributed by atoms with Crippen LogP contribution in [0.3, 0.4) is 0 Å². The molecule has 0 saturated carbocycles. The molecular weight excluding hydrogens is 204 g/mol. The largest absolute Gasteiger partial charge is 0.469 e. The van der Waals surface area contributed by atoms with Crippen molar-refractivity contribution < 1.29 is 9.53 Å². The molecule has 1 aliphatic heterocycles. The van der Waals surface area contributed by atoms with Gasteiger partial charge in [-0.25, -0.2) is 0 Å².